The van der Waals surface area contributed by atoms with Crippen LogP contribution in [0.5, 0.6) is 0 Å². The van der Waals surface area contributed by atoms with Gasteiger partial charge >= 0.3 is 0 Å². The molecule has 1 N–H and O–H groups in total. The van der Waals surface area contributed by atoms with Crippen molar-refractivity contribution in [2.75, 3.05) is 0 Å². The van der Waals surface area contributed by atoms with Crippen molar-refractivity contribution in [3.63, 3.8) is 0 Å². The maximum atomic E-state index is 3.86. The Kier molecular flexibility index (Phi) is 4.46. The summed E-state index contributed by atoms with van der Waals surface area (Å²) in [4.78, 5) is 0. The molecule has 3 rings (SSSR count). The number of hydrogen-bond acceptors (Lipinski definition) is 1. The van der Waals surface area contributed by atoms with Gasteiger partial charge in [0.15, 0.2) is 0 Å². The molecule has 2 unspecified atom stereocenters. The first-order valence-corrected chi connectivity index (χ1v) is 8.58. The Morgan fingerprint density at radius 3 is 2.67 bits per heavy atom. The zero-order chi connectivity index (χ0) is 14.8. The Balaban J connectivity index is 1.80. The second kappa shape index (κ2) is 6.33. The molecule has 0 radical (unpaired) electrons. The molecule has 1 nitrogen and oxygen atoms in total. The van der Waals surface area contributed by atoms with Crippen molar-refractivity contribution in [1.82, 2.24) is 5.32 Å². The van der Waals surface area contributed by atoms with Crippen LogP contribution in [0.1, 0.15) is 54.1 Å². The molecule has 0 saturated carbocycles. The van der Waals surface area contributed by atoms with Gasteiger partial charge in [0.25, 0.3) is 0 Å². The molecule has 0 saturated heterocycles. The fraction of sp³-hybridized carbons (Fsp3) is 0.368. The Labute approximate surface area is 135 Å². The van der Waals surface area contributed by atoms with Crippen molar-refractivity contribution in [2.45, 2.75) is 45.2 Å². The van der Waals surface area contributed by atoms with Gasteiger partial charge < -0.3 is 5.32 Å². The summed E-state index contributed by atoms with van der Waals surface area (Å²) in [5, 5.41) is 3.86. The van der Waals surface area contributed by atoms with Crippen molar-refractivity contribution >= 4 is 15.9 Å². The maximum absolute atomic E-state index is 3.86. The third-order valence-corrected chi connectivity index (χ3v) is 5.25. The van der Waals surface area contributed by atoms with Gasteiger partial charge in [-0.25, -0.2) is 0 Å². The van der Waals surface area contributed by atoms with E-state index in [2.05, 4.69) is 77.6 Å². The van der Waals surface area contributed by atoms with E-state index in [4.69, 9.17) is 0 Å². The van der Waals surface area contributed by atoms with Gasteiger partial charge in [0, 0.05) is 16.6 Å². The molecule has 110 valence electrons. The van der Waals surface area contributed by atoms with Crippen molar-refractivity contribution in [3.8, 4) is 0 Å². The van der Waals surface area contributed by atoms with Gasteiger partial charge in [-0.05, 0) is 48.9 Å². The van der Waals surface area contributed by atoms with Gasteiger partial charge in [-0.2, -0.15) is 0 Å². The van der Waals surface area contributed by atoms with Crippen LogP contribution in [0, 0.1) is 6.92 Å². The zero-order valence-electron chi connectivity index (χ0n) is 12.7. The lowest BCUT2D eigenvalue weighted by Gasteiger charge is -2.23. The first-order chi connectivity index (χ1) is 10.2. The maximum Gasteiger partial charge on any atom is 0.0332 e. The minimum Gasteiger partial charge on any atom is -0.303 e. The summed E-state index contributed by atoms with van der Waals surface area (Å²) in [6.45, 7) is 4.40. The lowest BCUT2D eigenvalue weighted by atomic mass is 10.0. The number of halogens is 1. The monoisotopic (exact) mass is 343 g/mol. The second-order valence-electron chi connectivity index (χ2n) is 5.94. The standard InChI is InChI=1S/C19H22BrN/c1-3-18(14-9-7-13(2)8-10-14)21-19-12-11-15-16(19)5-4-6-17(15)20/h4-10,18-19,21H,3,11-12H2,1-2H3. The highest BCUT2D eigenvalue weighted by molar-refractivity contribution is 9.10. The van der Waals surface area contributed by atoms with E-state index in [1.165, 1.54) is 39.6 Å². The van der Waals surface area contributed by atoms with Crippen LogP contribution in [0.3, 0.4) is 0 Å². The number of fused-ring (bicyclic) bond motifs is 1. The fourth-order valence-corrected chi connectivity index (χ4v) is 3.85. The van der Waals surface area contributed by atoms with Crippen LogP contribution in [0.25, 0.3) is 0 Å². The van der Waals surface area contributed by atoms with E-state index >= 15 is 0 Å². The minimum atomic E-state index is 0.431. The molecular weight excluding hydrogens is 322 g/mol. The molecule has 1 aliphatic carbocycles. The number of hydrogen-bond donors (Lipinski definition) is 1. The number of rotatable bonds is 4. The summed E-state index contributed by atoms with van der Waals surface area (Å²) >= 11 is 3.68. The lowest BCUT2D eigenvalue weighted by Crippen LogP contribution is -2.24. The number of benzene rings is 2. The van der Waals surface area contributed by atoms with E-state index < -0.39 is 0 Å². The summed E-state index contributed by atoms with van der Waals surface area (Å²) in [5.74, 6) is 0. The van der Waals surface area contributed by atoms with E-state index in [-0.39, 0.29) is 0 Å². The predicted molar refractivity (Wildman–Crippen MR) is 92.6 cm³/mol. The summed E-state index contributed by atoms with van der Waals surface area (Å²) in [6.07, 6.45) is 3.47. The summed E-state index contributed by atoms with van der Waals surface area (Å²) in [7, 11) is 0. The molecule has 0 spiro atoms. The molecule has 0 heterocycles. The summed E-state index contributed by atoms with van der Waals surface area (Å²) in [6, 6.07) is 16.4. The molecule has 2 atom stereocenters. The molecule has 0 amide bonds. The normalized spacial score (nSPS) is 18.5. The molecule has 0 bridgehead atoms. The molecular formula is C19H22BrN. The molecule has 0 aliphatic heterocycles. The summed E-state index contributed by atoms with van der Waals surface area (Å²) in [5.41, 5.74) is 5.67. The molecule has 0 aromatic heterocycles. The number of aryl methyl sites for hydroxylation is 1. The first-order valence-electron chi connectivity index (χ1n) is 7.79. The van der Waals surface area contributed by atoms with Crippen molar-refractivity contribution in [1.29, 1.82) is 0 Å². The Morgan fingerprint density at radius 2 is 1.95 bits per heavy atom. The molecule has 2 aromatic rings. The van der Waals surface area contributed by atoms with Crippen molar-refractivity contribution < 1.29 is 0 Å². The summed E-state index contributed by atoms with van der Waals surface area (Å²) < 4.78 is 1.26. The van der Waals surface area contributed by atoms with Crippen LogP contribution in [-0.2, 0) is 6.42 Å². The smallest absolute Gasteiger partial charge is 0.0332 e. The molecule has 2 aromatic carbocycles. The Hall–Kier alpha value is -1.12. The SMILES string of the molecule is CCC(NC1CCc2c(Br)cccc21)c1ccc(C)cc1. The van der Waals surface area contributed by atoms with E-state index in [0.717, 1.165) is 6.42 Å². The van der Waals surface area contributed by atoms with Crippen LogP contribution in [-0.4, -0.2) is 0 Å². The molecule has 1 aliphatic rings. The van der Waals surface area contributed by atoms with Crippen LogP contribution in [0.4, 0.5) is 0 Å². The van der Waals surface area contributed by atoms with Crippen LogP contribution < -0.4 is 5.32 Å². The highest BCUT2D eigenvalue weighted by Crippen LogP contribution is 2.37. The topological polar surface area (TPSA) is 12.0 Å². The average Bonchev–Trinajstić information content (AvgIpc) is 2.90. The van der Waals surface area contributed by atoms with Crippen molar-refractivity contribution in [2.24, 2.45) is 0 Å². The van der Waals surface area contributed by atoms with Crippen molar-refractivity contribution in [3.05, 3.63) is 69.2 Å². The molecule has 21 heavy (non-hydrogen) atoms. The zero-order valence-corrected chi connectivity index (χ0v) is 14.3. The van der Waals surface area contributed by atoms with Crippen LogP contribution >= 0.6 is 15.9 Å². The van der Waals surface area contributed by atoms with Gasteiger partial charge in [-0.15, -0.1) is 0 Å². The van der Waals surface area contributed by atoms with Crippen LogP contribution in [0.2, 0.25) is 0 Å². The van der Waals surface area contributed by atoms with E-state index in [0.29, 0.717) is 12.1 Å². The first kappa shape index (κ1) is 14.8. The van der Waals surface area contributed by atoms with Crippen LogP contribution in [0.15, 0.2) is 46.9 Å². The lowest BCUT2D eigenvalue weighted by molar-refractivity contribution is 0.433. The Morgan fingerprint density at radius 1 is 1.19 bits per heavy atom. The van der Waals surface area contributed by atoms with E-state index in [1.807, 2.05) is 0 Å². The highest BCUT2D eigenvalue weighted by atomic mass is 79.9. The van der Waals surface area contributed by atoms with Gasteiger partial charge in [-0.3, -0.25) is 0 Å². The average molecular weight is 344 g/mol. The van der Waals surface area contributed by atoms with Gasteiger partial charge in [0.1, 0.15) is 0 Å². The highest BCUT2D eigenvalue weighted by Gasteiger charge is 2.25. The second-order valence-corrected chi connectivity index (χ2v) is 6.79. The third kappa shape index (κ3) is 3.07. The van der Waals surface area contributed by atoms with Gasteiger partial charge in [0.2, 0.25) is 0 Å². The Bertz CT molecular complexity index is 618. The molecule has 2 heteroatoms. The van der Waals surface area contributed by atoms with Gasteiger partial charge in [-0.1, -0.05) is 64.8 Å². The number of nitrogens with one attached hydrogen (secondary N) is 1. The quantitative estimate of drug-likeness (QED) is 0.774. The minimum absolute atomic E-state index is 0.431. The third-order valence-electron chi connectivity index (χ3n) is 4.50. The van der Waals surface area contributed by atoms with E-state index in [9.17, 15) is 0 Å². The van der Waals surface area contributed by atoms with Gasteiger partial charge in [0.05, 0.1) is 0 Å². The fourth-order valence-electron chi connectivity index (χ4n) is 3.27. The molecule has 0 fully saturated rings. The predicted octanol–water partition coefficient (Wildman–Crippen LogP) is 5.49. The van der Waals surface area contributed by atoms with E-state index in [1.54, 1.807) is 0 Å². The largest absolute Gasteiger partial charge is 0.303 e.